The third-order valence-electron chi connectivity index (χ3n) is 5.71. The Balaban J connectivity index is 1.40. The van der Waals surface area contributed by atoms with Gasteiger partial charge in [0, 0.05) is 36.8 Å². The molecular weight excluding hydrogens is 508 g/mol. The molecule has 2 aromatic carbocycles. The molecular formula is C24H25ClN4O4S2. The lowest BCUT2D eigenvalue weighted by atomic mass is 10.1. The lowest BCUT2D eigenvalue weighted by molar-refractivity contribution is 0.0951. The number of para-hydroxylation sites is 2. The highest BCUT2D eigenvalue weighted by Crippen LogP contribution is 2.28. The number of carbonyl (C=O) groups excluding carboxylic acids is 1. The number of amides is 1. The van der Waals surface area contributed by atoms with Gasteiger partial charge in [-0.05, 0) is 55.0 Å². The topological polar surface area (TPSA) is 94.9 Å². The first-order valence-electron chi connectivity index (χ1n) is 10.9. The second kappa shape index (κ2) is 10.4. The highest BCUT2D eigenvalue weighted by Gasteiger charge is 2.25. The van der Waals surface area contributed by atoms with Crippen LogP contribution in [0.15, 0.2) is 59.0 Å². The van der Waals surface area contributed by atoms with E-state index < -0.39 is 15.9 Å². The maximum atomic E-state index is 12.7. The molecule has 0 aliphatic carbocycles. The minimum Gasteiger partial charge on any atom is -0.451 e. The van der Waals surface area contributed by atoms with E-state index in [2.05, 4.69) is 15.5 Å². The van der Waals surface area contributed by atoms with Gasteiger partial charge in [-0.3, -0.25) is 10.1 Å². The Hall–Kier alpha value is -2.92. The second-order valence-corrected chi connectivity index (χ2v) is 11.0. The van der Waals surface area contributed by atoms with Crippen LogP contribution in [0.3, 0.4) is 0 Å². The molecule has 1 aliphatic rings. The predicted octanol–water partition coefficient (Wildman–Crippen LogP) is 4.12. The smallest absolute Gasteiger partial charge is 0.293 e. The molecule has 0 bridgehead atoms. The van der Waals surface area contributed by atoms with Crippen LogP contribution in [0.2, 0.25) is 5.02 Å². The maximum absolute atomic E-state index is 12.7. The molecule has 1 amide bonds. The number of nitrogens with zero attached hydrogens (tertiary/aromatic N) is 2. The normalized spacial score (nSPS) is 14.5. The van der Waals surface area contributed by atoms with Crippen molar-refractivity contribution in [3.63, 3.8) is 0 Å². The van der Waals surface area contributed by atoms with E-state index in [1.165, 1.54) is 10.6 Å². The first-order chi connectivity index (χ1) is 16.6. The Morgan fingerprint density at radius 2 is 1.77 bits per heavy atom. The molecule has 1 aliphatic heterocycles. The SMILES string of the molecule is Cc1ccc(-c2ccc(C(=O)NC(=S)Nc3ccccc3N3CCN(S(C)(=O)=O)CC3)o2)cc1Cl. The maximum Gasteiger partial charge on any atom is 0.293 e. The van der Waals surface area contributed by atoms with Gasteiger partial charge in [0.2, 0.25) is 10.0 Å². The molecule has 35 heavy (non-hydrogen) atoms. The van der Waals surface area contributed by atoms with Gasteiger partial charge in [-0.1, -0.05) is 35.9 Å². The fourth-order valence-electron chi connectivity index (χ4n) is 3.80. The number of anilines is 2. The van der Waals surface area contributed by atoms with Gasteiger partial charge in [0.15, 0.2) is 10.9 Å². The first-order valence-corrected chi connectivity index (χ1v) is 13.5. The molecule has 2 N–H and O–H groups in total. The van der Waals surface area contributed by atoms with Gasteiger partial charge in [0.25, 0.3) is 5.91 Å². The van der Waals surface area contributed by atoms with E-state index in [0.29, 0.717) is 42.6 Å². The predicted molar refractivity (Wildman–Crippen MR) is 143 cm³/mol. The molecule has 0 spiro atoms. The number of piperazine rings is 1. The number of thiocarbonyl (C=S) groups is 1. The van der Waals surface area contributed by atoms with Crippen molar-refractivity contribution >= 4 is 56.2 Å². The van der Waals surface area contributed by atoms with E-state index in [1.54, 1.807) is 18.2 Å². The molecule has 1 fully saturated rings. The Morgan fingerprint density at radius 3 is 2.46 bits per heavy atom. The van der Waals surface area contributed by atoms with Crippen LogP contribution >= 0.6 is 23.8 Å². The number of carbonyl (C=O) groups is 1. The van der Waals surface area contributed by atoms with Crippen LogP contribution in [0.4, 0.5) is 11.4 Å². The minimum atomic E-state index is -3.21. The van der Waals surface area contributed by atoms with Gasteiger partial charge in [-0.15, -0.1) is 0 Å². The van der Waals surface area contributed by atoms with E-state index in [1.807, 2.05) is 43.3 Å². The molecule has 2 heterocycles. The van der Waals surface area contributed by atoms with Crippen LogP contribution in [0.1, 0.15) is 16.1 Å². The van der Waals surface area contributed by atoms with E-state index in [-0.39, 0.29) is 10.9 Å². The van der Waals surface area contributed by atoms with Gasteiger partial charge < -0.3 is 14.6 Å². The molecule has 0 unspecified atom stereocenters. The number of rotatable bonds is 5. The third kappa shape index (κ3) is 6.02. The molecule has 1 saturated heterocycles. The lowest BCUT2D eigenvalue weighted by Crippen LogP contribution is -2.48. The number of benzene rings is 2. The zero-order valence-electron chi connectivity index (χ0n) is 19.2. The molecule has 4 rings (SSSR count). The Morgan fingerprint density at radius 1 is 1.06 bits per heavy atom. The van der Waals surface area contributed by atoms with Crippen LogP contribution in [-0.2, 0) is 10.0 Å². The van der Waals surface area contributed by atoms with Crippen molar-refractivity contribution in [2.75, 3.05) is 42.7 Å². The molecule has 0 radical (unpaired) electrons. The fourth-order valence-corrected chi connectivity index (χ4v) is 5.00. The standard InChI is InChI=1S/C24H25ClN4O4S2/c1-16-7-8-17(15-18(16)25)21-9-10-22(33-21)23(30)27-24(34)26-19-5-3-4-6-20(19)28-11-13-29(14-12-28)35(2,31)32/h3-10,15H,11-14H2,1-2H3,(H2,26,27,30,34). The largest absolute Gasteiger partial charge is 0.451 e. The third-order valence-corrected chi connectivity index (χ3v) is 7.63. The lowest BCUT2D eigenvalue weighted by Gasteiger charge is -2.35. The number of sulfonamides is 1. The van der Waals surface area contributed by atoms with Crippen LogP contribution in [0.25, 0.3) is 11.3 Å². The monoisotopic (exact) mass is 532 g/mol. The van der Waals surface area contributed by atoms with Crippen LogP contribution < -0.4 is 15.5 Å². The van der Waals surface area contributed by atoms with Crippen LogP contribution in [0, 0.1) is 6.92 Å². The average molecular weight is 533 g/mol. The summed E-state index contributed by atoms with van der Waals surface area (Å²) in [5.41, 5.74) is 3.30. The average Bonchev–Trinajstić information content (AvgIpc) is 3.31. The number of hydrogen-bond acceptors (Lipinski definition) is 6. The summed E-state index contributed by atoms with van der Waals surface area (Å²) in [4.78, 5) is 14.8. The quantitative estimate of drug-likeness (QED) is 0.477. The van der Waals surface area contributed by atoms with Crippen LogP contribution in [0.5, 0.6) is 0 Å². The van der Waals surface area contributed by atoms with E-state index in [9.17, 15) is 13.2 Å². The Bertz CT molecular complexity index is 1370. The highest BCUT2D eigenvalue weighted by atomic mass is 35.5. The van der Waals surface area contributed by atoms with E-state index in [0.717, 1.165) is 16.8 Å². The Labute approximate surface area is 214 Å². The Kier molecular flexibility index (Phi) is 7.46. The van der Waals surface area contributed by atoms with E-state index in [4.69, 9.17) is 28.2 Å². The van der Waals surface area contributed by atoms with Crippen molar-refractivity contribution < 1.29 is 17.6 Å². The first kappa shape index (κ1) is 25.2. The molecule has 11 heteroatoms. The molecule has 3 aromatic rings. The van der Waals surface area contributed by atoms with Gasteiger partial charge in [-0.2, -0.15) is 4.31 Å². The molecule has 8 nitrogen and oxygen atoms in total. The number of aryl methyl sites for hydroxylation is 1. The summed E-state index contributed by atoms with van der Waals surface area (Å²) < 4.78 is 30.8. The van der Waals surface area contributed by atoms with Gasteiger partial charge in [0.05, 0.1) is 17.6 Å². The van der Waals surface area contributed by atoms with Crippen molar-refractivity contribution in [2.45, 2.75) is 6.92 Å². The number of furan rings is 1. The summed E-state index contributed by atoms with van der Waals surface area (Å²) in [7, 11) is -3.21. The summed E-state index contributed by atoms with van der Waals surface area (Å²) in [5, 5.41) is 6.45. The van der Waals surface area contributed by atoms with Crippen molar-refractivity contribution in [3.8, 4) is 11.3 Å². The molecule has 0 atom stereocenters. The number of hydrogen-bond donors (Lipinski definition) is 2. The fraction of sp³-hybridized carbons (Fsp3) is 0.250. The van der Waals surface area contributed by atoms with E-state index >= 15 is 0 Å². The van der Waals surface area contributed by atoms with Crippen molar-refractivity contribution in [1.82, 2.24) is 9.62 Å². The van der Waals surface area contributed by atoms with Crippen molar-refractivity contribution in [1.29, 1.82) is 0 Å². The number of nitrogens with one attached hydrogen (secondary N) is 2. The number of halogens is 1. The van der Waals surface area contributed by atoms with Gasteiger partial charge >= 0.3 is 0 Å². The second-order valence-electron chi connectivity index (χ2n) is 8.20. The van der Waals surface area contributed by atoms with Gasteiger partial charge in [-0.25, -0.2) is 8.42 Å². The zero-order valence-corrected chi connectivity index (χ0v) is 21.6. The summed E-state index contributed by atoms with van der Waals surface area (Å²) in [6, 6.07) is 16.4. The highest BCUT2D eigenvalue weighted by molar-refractivity contribution is 7.88. The molecule has 1 aromatic heterocycles. The molecule has 0 saturated carbocycles. The molecule has 184 valence electrons. The summed E-state index contributed by atoms with van der Waals surface area (Å²) in [6.07, 6.45) is 1.22. The summed E-state index contributed by atoms with van der Waals surface area (Å²) >= 11 is 11.6. The zero-order chi connectivity index (χ0) is 25.2. The van der Waals surface area contributed by atoms with Crippen molar-refractivity contribution in [2.24, 2.45) is 0 Å². The van der Waals surface area contributed by atoms with Crippen molar-refractivity contribution in [3.05, 3.63) is 70.9 Å². The minimum absolute atomic E-state index is 0.117. The summed E-state index contributed by atoms with van der Waals surface area (Å²) in [5.74, 6) is 0.159. The summed E-state index contributed by atoms with van der Waals surface area (Å²) in [6.45, 7) is 3.81. The van der Waals surface area contributed by atoms with Crippen LogP contribution in [-0.4, -0.2) is 56.2 Å². The van der Waals surface area contributed by atoms with Gasteiger partial charge in [0.1, 0.15) is 5.76 Å².